The number of nitrogens with zero attached hydrogens (tertiary/aromatic N) is 2. The lowest BCUT2D eigenvalue weighted by molar-refractivity contribution is -0.132. The average molecular weight is 405 g/mol. The number of halogens is 1. The molecular weight excluding hydrogens is 380 g/mol. The number of carbonyl (C=O) groups excluding carboxylic acids is 1. The monoisotopic (exact) mass is 404 g/mol. The Morgan fingerprint density at radius 3 is 2.48 bits per heavy atom. The SMILES string of the molecule is COc1ccc(Br)cc1CN(C)CC(=O)N(C)[C@@H](C)c1ccccc1. The highest BCUT2D eigenvalue weighted by Gasteiger charge is 2.19. The number of ether oxygens (including phenoxy) is 1. The highest BCUT2D eigenvalue weighted by Crippen LogP contribution is 2.24. The minimum absolute atomic E-state index is 0.0440. The summed E-state index contributed by atoms with van der Waals surface area (Å²) in [5.74, 6) is 0.918. The van der Waals surface area contributed by atoms with E-state index in [-0.39, 0.29) is 11.9 Å². The van der Waals surface area contributed by atoms with Crippen LogP contribution in [0, 0.1) is 0 Å². The summed E-state index contributed by atoms with van der Waals surface area (Å²) in [6, 6.07) is 16.0. The quantitative estimate of drug-likeness (QED) is 0.695. The van der Waals surface area contributed by atoms with Crippen LogP contribution in [-0.4, -0.2) is 43.5 Å². The van der Waals surface area contributed by atoms with Crippen LogP contribution in [0.25, 0.3) is 0 Å². The molecule has 134 valence electrons. The predicted octanol–water partition coefficient (Wildman–Crippen LogP) is 4.11. The molecule has 0 fully saturated rings. The maximum absolute atomic E-state index is 12.6. The zero-order valence-electron chi connectivity index (χ0n) is 15.2. The Morgan fingerprint density at radius 2 is 1.84 bits per heavy atom. The molecular formula is C20H25BrN2O2. The topological polar surface area (TPSA) is 32.8 Å². The first kappa shape index (κ1) is 19.5. The summed E-state index contributed by atoms with van der Waals surface area (Å²) < 4.78 is 6.40. The van der Waals surface area contributed by atoms with E-state index in [0.717, 1.165) is 21.3 Å². The van der Waals surface area contributed by atoms with E-state index in [1.54, 1.807) is 12.0 Å². The maximum Gasteiger partial charge on any atom is 0.236 e. The highest BCUT2D eigenvalue weighted by atomic mass is 79.9. The fourth-order valence-corrected chi connectivity index (χ4v) is 3.14. The van der Waals surface area contributed by atoms with Crippen molar-refractivity contribution in [1.29, 1.82) is 0 Å². The van der Waals surface area contributed by atoms with Crippen molar-refractivity contribution in [3.8, 4) is 5.75 Å². The van der Waals surface area contributed by atoms with Gasteiger partial charge in [0.2, 0.25) is 5.91 Å². The van der Waals surface area contributed by atoms with Gasteiger partial charge in [-0.05, 0) is 37.7 Å². The number of hydrogen-bond acceptors (Lipinski definition) is 3. The molecule has 2 aromatic rings. The second-order valence-corrected chi connectivity index (χ2v) is 7.14. The molecule has 1 amide bonds. The van der Waals surface area contributed by atoms with Gasteiger partial charge in [0, 0.05) is 23.6 Å². The van der Waals surface area contributed by atoms with Gasteiger partial charge in [-0.15, -0.1) is 0 Å². The van der Waals surface area contributed by atoms with Gasteiger partial charge >= 0.3 is 0 Å². The molecule has 5 heteroatoms. The standard InChI is InChI=1S/C20H25BrN2O2/c1-15(16-8-6-5-7-9-16)23(3)20(24)14-22(2)13-17-12-18(21)10-11-19(17)25-4/h5-12,15H,13-14H2,1-4H3/t15-/m0/s1. The van der Waals surface area contributed by atoms with Crippen LogP contribution in [0.3, 0.4) is 0 Å². The van der Waals surface area contributed by atoms with Crippen LogP contribution in [0.15, 0.2) is 53.0 Å². The molecule has 0 aliphatic heterocycles. The van der Waals surface area contributed by atoms with Gasteiger partial charge in [0.1, 0.15) is 5.75 Å². The summed E-state index contributed by atoms with van der Waals surface area (Å²) in [5, 5.41) is 0. The third-order valence-corrected chi connectivity index (χ3v) is 4.84. The minimum atomic E-state index is 0.0440. The molecule has 1 atom stereocenters. The number of methoxy groups -OCH3 is 1. The Morgan fingerprint density at radius 1 is 1.16 bits per heavy atom. The third kappa shape index (κ3) is 5.31. The fourth-order valence-electron chi connectivity index (χ4n) is 2.73. The second-order valence-electron chi connectivity index (χ2n) is 6.22. The Hall–Kier alpha value is -1.85. The number of amides is 1. The molecule has 0 spiro atoms. The molecule has 0 radical (unpaired) electrons. The van der Waals surface area contributed by atoms with Crippen molar-refractivity contribution >= 4 is 21.8 Å². The fraction of sp³-hybridized carbons (Fsp3) is 0.350. The smallest absolute Gasteiger partial charge is 0.236 e. The van der Waals surface area contributed by atoms with Crippen molar-refractivity contribution < 1.29 is 9.53 Å². The summed E-state index contributed by atoms with van der Waals surface area (Å²) in [6.07, 6.45) is 0. The highest BCUT2D eigenvalue weighted by molar-refractivity contribution is 9.10. The normalized spacial score (nSPS) is 12.1. The van der Waals surface area contributed by atoms with E-state index < -0.39 is 0 Å². The van der Waals surface area contributed by atoms with Gasteiger partial charge in [0.15, 0.2) is 0 Å². The van der Waals surface area contributed by atoms with E-state index in [0.29, 0.717) is 13.1 Å². The van der Waals surface area contributed by atoms with E-state index in [9.17, 15) is 4.79 Å². The molecule has 0 aliphatic carbocycles. The summed E-state index contributed by atoms with van der Waals surface area (Å²) in [4.78, 5) is 16.4. The first-order valence-electron chi connectivity index (χ1n) is 8.24. The Bertz CT molecular complexity index is 706. The van der Waals surface area contributed by atoms with Gasteiger partial charge < -0.3 is 9.64 Å². The number of carbonyl (C=O) groups is 1. The lowest BCUT2D eigenvalue weighted by atomic mass is 10.1. The van der Waals surface area contributed by atoms with Crippen LogP contribution < -0.4 is 4.74 Å². The van der Waals surface area contributed by atoms with E-state index >= 15 is 0 Å². The van der Waals surface area contributed by atoms with E-state index in [2.05, 4.69) is 15.9 Å². The van der Waals surface area contributed by atoms with Gasteiger partial charge in [-0.1, -0.05) is 46.3 Å². The third-order valence-electron chi connectivity index (χ3n) is 4.34. The molecule has 0 unspecified atom stereocenters. The van der Waals surface area contributed by atoms with Crippen molar-refractivity contribution in [2.45, 2.75) is 19.5 Å². The van der Waals surface area contributed by atoms with Crippen molar-refractivity contribution in [3.05, 3.63) is 64.1 Å². The van der Waals surface area contributed by atoms with Crippen LogP contribution >= 0.6 is 15.9 Å². The van der Waals surface area contributed by atoms with E-state index in [1.807, 2.05) is 74.4 Å². The van der Waals surface area contributed by atoms with Crippen LogP contribution in [0.5, 0.6) is 5.75 Å². The lowest BCUT2D eigenvalue weighted by Gasteiger charge is -2.28. The number of rotatable bonds is 7. The summed E-state index contributed by atoms with van der Waals surface area (Å²) in [6.45, 7) is 3.04. The molecule has 0 saturated heterocycles. The molecule has 0 bridgehead atoms. The van der Waals surface area contributed by atoms with Gasteiger partial charge in [0.05, 0.1) is 19.7 Å². The maximum atomic E-state index is 12.6. The second kappa shape index (κ2) is 9.02. The molecule has 2 rings (SSSR count). The summed E-state index contributed by atoms with van der Waals surface area (Å²) >= 11 is 3.49. The van der Waals surface area contributed by atoms with Crippen molar-refractivity contribution in [1.82, 2.24) is 9.80 Å². The average Bonchev–Trinajstić information content (AvgIpc) is 2.61. The molecule has 0 saturated carbocycles. The first-order valence-corrected chi connectivity index (χ1v) is 9.03. The Labute approximate surface area is 158 Å². The zero-order valence-corrected chi connectivity index (χ0v) is 16.8. The van der Waals surface area contributed by atoms with E-state index in [1.165, 1.54) is 0 Å². The number of likely N-dealkylation sites (N-methyl/N-ethyl adjacent to an activating group) is 2. The van der Waals surface area contributed by atoms with Crippen LogP contribution in [0.2, 0.25) is 0 Å². The van der Waals surface area contributed by atoms with Gasteiger partial charge in [0.25, 0.3) is 0 Å². The van der Waals surface area contributed by atoms with Crippen molar-refractivity contribution in [3.63, 3.8) is 0 Å². The van der Waals surface area contributed by atoms with Crippen LogP contribution in [0.1, 0.15) is 24.1 Å². The lowest BCUT2D eigenvalue weighted by Crippen LogP contribution is -2.37. The summed E-state index contributed by atoms with van der Waals surface area (Å²) in [5.41, 5.74) is 2.18. The van der Waals surface area contributed by atoms with Gasteiger partial charge in [-0.3, -0.25) is 9.69 Å². The predicted molar refractivity (Wildman–Crippen MR) is 105 cm³/mol. The van der Waals surface area contributed by atoms with Crippen molar-refractivity contribution in [2.75, 3.05) is 27.7 Å². The van der Waals surface area contributed by atoms with E-state index in [4.69, 9.17) is 4.74 Å². The van der Waals surface area contributed by atoms with Crippen LogP contribution in [-0.2, 0) is 11.3 Å². The largest absolute Gasteiger partial charge is 0.496 e. The Balaban J connectivity index is 1.99. The molecule has 25 heavy (non-hydrogen) atoms. The molecule has 0 aromatic heterocycles. The Kier molecular flexibility index (Phi) is 7.02. The molecule has 0 N–H and O–H groups in total. The van der Waals surface area contributed by atoms with Gasteiger partial charge in [-0.2, -0.15) is 0 Å². The molecule has 2 aromatic carbocycles. The molecule has 0 aliphatic rings. The number of benzene rings is 2. The van der Waals surface area contributed by atoms with Gasteiger partial charge in [-0.25, -0.2) is 0 Å². The molecule has 0 heterocycles. The zero-order chi connectivity index (χ0) is 18.4. The van der Waals surface area contributed by atoms with Crippen LogP contribution in [0.4, 0.5) is 0 Å². The number of hydrogen-bond donors (Lipinski definition) is 0. The summed E-state index contributed by atoms with van der Waals surface area (Å²) in [7, 11) is 5.46. The first-order chi connectivity index (χ1) is 11.9. The molecule has 4 nitrogen and oxygen atoms in total. The van der Waals surface area contributed by atoms with Crippen molar-refractivity contribution in [2.24, 2.45) is 0 Å². The minimum Gasteiger partial charge on any atom is -0.496 e.